The lowest BCUT2D eigenvalue weighted by Crippen LogP contribution is -2.17. The largest absolute Gasteiger partial charge is 0.269 e. The summed E-state index contributed by atoms with van der Waals surface area (Å²) in [6.45, 7) is 4.22. The van der Waals surface area contributed by atoms with E-state index in [0.29, 0.717) is 11.6 Å². The summed E-state index contributed by atoms with van der Waals surface area (Å²) in [5.41, 5.74) is 0.542. The van der Waals surface area contributed by atoms with Crippen LogP contribution in [0.4, 0.5) is 5.69 Å². The maximum absolute atomic E-state index is 13.2. The highest BCUT2D eigenvalue weighted by Crippen LogP contribution is 2.40. The van der Waals surface area contributed by atoms with E-state index in [1.165, 1.54) is 34.4 Å². The Morgan fingerprint density at radius 3 is 2.24 bits per heavy atom. The van der Waals surface area contributed by atoms with Gasteiger partial charge in [-0.1, -0.05) is 32.0 Å². The van der Waals surface area contributed by atoms with Crippen LogP contribution in [0.25, 0.3) is 0 Å². The van der Waals surface area contributed by atoms with E-state index < -0.39 is 14.9 Å². The zero-order valence-electron chi connectivity index (χ0n) is 16.1. The Morgan fingerprint density at radius 2 is 1.66 bits per heavy atom. The summed E-state index contributed by atoms with van der Waals surface area (Å²) in [5.74, 6) is 0.377. The van der Waals surface area contributed by atoms with Crippen LogP contribution in [-0.4, -0.2) is 17.3 Å². The maximum atomic E-state index is 13.2. The molecule has 0 spiro atoms. The molecule has 3 aromatic rings. The second-order valence-corrected chi connectivity index (χ2v) is 10.1. The smallest absolute Gasteiger partial charge is 0.258 e. The molecule has 8 heteroatoms. The Bertz CT molecular complexity index is 1080. The number of aromatic nitrogens is 1. The van der Waals surface area contributed by atoms with Gasteiger partial charge in [-0.15, -0.1) is 11.8 Å². The Kier molecular flexibility index (Phi) is 6.44. The summed E-state index contributed by atoms with van der Waals surface area (Å²) in [5, 5.41) is 10.8. The van der Waals surface area contributed by atoms with Crippen molar-refractivity contribution in [1.82, 2.24) is 3.97 Å². The van der Waals surface area contributed by atoms with Gasteiger partial charge in [0.1, 0.15) is 0 Å². The molecule has 0 saturated carbocycles. The van der Waals surface area contributed by atoms with Crippen LogP contribution < -0.4 is 0 Å². The van der Waals surface area contributed by atoms with Gasteiger partial charge in [0.15, 0.2) is 0 Å². The standard InChI is InChI=1S/C21H22N2O4S2/c1-16(2)15-21(28-18-7-4-3-5-8-18)20-9-6-14-22(20)29(26,27)19-12-10-17(11-13-19)23(24)25/h3-14,16,21H,15H2,1-2H3/t21-/m1/s1. The minimum atomic E-state index is -3.86. The van der Waals surface area contributed by atoms with Crippen LogP contribution in [0.15, 0.2) is 82.7 Å². The summed E-state index contributed by atoms with van der Waals surface area (Å²) in [6.07, 6.45) is 2.34. The van der Waals surface area contributed by atoms with Crippen molar-refractivity contribution in [2.45, 2.75) is 35.3 Å². The van der Waals surface area contributed by atoms with Crippen LogP contribution in [0, 0.1) is 16.0 Å². The summed E-state index contributed by atoms with van der Waals surface area (Å²) in [4.78, 5) is 11.4. The predicted molar refractivity (Wildman–Crippen MR) is 115 cm³/mol. The number of thioether (sulfide) groups is 1. The van der Waals surface area contributed by atoms with Crippen molar-refractivity contribution in [2.24, 2.45) is 5.92 Å². The molecule has 0 amide bonds. The molecule has 6 nitrogen and oxygen atoms in total. The number of nitro groups is 1. The number of hydrogen-bond acceptors (Lipinski definition) is 5. The van der Waals surface area contributed by atoms with Gasteiger partial charge in [0.2, 0.25) is 0 Å². The molecule has 2 aromatic carbocycles. The lowest BCUT2D eigenvalue weighted by molar-refractivity contribution is -0.384. The van der Waals surface area contributed by atoms with E-state index in [1.54, 1.807) is 17.8 Å². The third-order valence-electron chi connectivity index (χ3n) is 4.38. The molecule has 1 heterocycles. The first-order valence-corrected chi connectivity index (χ1v) is 11.5. The topological polar surface area (TPSA) is 82.2 Å². The zero-order valence-corrected chi connectivity index (χ0v) is 17.8. The molecule has 152 valence electrons. The molecule has 0 saturated heterocycles. The highest BCUT2D eigenvalue weighted by Gasteiger charge is 2.25. The van der Waals surface area contributed by atoms with Crippen LogP contribution in [0.5, 0.6) is 0 Å². The quantitative estimate of drug-likeness (QED) is 0.267. The predicted octanol–water partition coefficient (Wildman–Crippen LogP) is 5.51. The minimum absolute atomic E-state index is 0.0218. The first-order chi connectivity index (χ1) is 13.8. The number of nitrogens with zero attached hydrogens (tertiary/aromatic N) is 2. The number of rotatable bonds is 8. The van der Waals surface area contributed by atoms with E-state index in [-0.39, 0.29) is 15.8 Å². The van der Waals surface area contributed by atoms with Crippen molar-refractivity contribution in [2.75, 3.05) is 0 Å². The molecule has 29 heavy (non-hydrogen) atoms. The van der Waals surface area contributed by atoms with E-state index in [1.807, 2.05) is 36.4 Å². The van der Waals surface area contributed by atoms with E-state index >= 15 is 0 Å². The van der Waals surface area contributed by atoms with Crippen molar-refractivity contribution in [3.63, 3.8) is 0 Å². The summed E-state index contributed by atoms with van der Waals surface area (Å²) < 4.78 is 27.7. The number of nitro benzene ring substituents is 1. The highest BCUT2D eigenvalue weighted by atomic mass is 32.2. The molecule has 0 aliphatic heterocycles. The van der Waals surface area contributed by atoms with Crippen LogP contribution in [-0.2, 0) is 10.0 Å². The van der Waals surface area contributed by atoms with Gasteiger partial charge in [-0.2, -0.15) is 0 Å². The van der Waals surface area contributed by atoms with Crippen LogP contribution in [0.3, 0.4) is 0 Å². The van der Waals surface area contributed by atoms with Crippen LogP contribution in [0.2, 0.25) is 0 Å². The second-order valence-electron chi connectivity index (χ2n) is 7.03. The molecule has 0 aliphatic carbocycles. The third kappa shape index (κ3) is 4.89. The average molecular weight is 431 g/mol. The lowest BCUT2D eigenvalue weighted by atomic mass is 10.1. The molecule has 0 unspecified atom stereocenters. The van der Waals surface area contributed by atoms with Gasteiger partial charge < -0.3 is 0 Å². The first-order valence-electron chi connectivity index (χ1n) is 9.18. The second kappa shape index (κ2) is 8.84. The van der Waals surface area contributed by atoms with Crippen molar-refractivity contribution < 1.29 is 13.3 Å². The van der Waals surface area contributed by atoms with E-state index in [9.17, 15) is 18.5 Å². The van der Waals surface area contributed by atoms with Gasteiger partial charge in [-0.3, -0.25) is 10.1 Å². The van der Waals surface area contributed by atoms with Crippen molar-refractivity contribution in [1.29, 1.82) is 0 Å². The van der Waals surface area contributed by atoms with Gasteiger partial charge in [-0.25, -0.2) is 12.4 Å². The highest BCUT2D eigenvalue weighted by molar-refractivity contribution is 7.99. The molecule has 0 aliphatic rings. The van der Waals surface area contributed by atoms with Crippen LogP contribution in [0.1, 0.15) is 31.2 Å². The molecule has 1 atom stereocenters. The summed E-state index contributed by atoms with van der Waals surface area (Å²) >= 11 is 1.63. The number of hydrogen-bond donors (Lipinski definition) is 0. The molecule has 0 radical (unpaired) electrons. The third-order valence-corrected chi connectivity index (χ3v) is 7.37. The fourth-order valence-electron chi connectivity index (χ4n) is 3.02. The van der Waals surface area contributed by atoms with Gasteiger partial charge in [0.05, 0.1) is 15.1 Å². The number of benzene rings is 2. The molecular formula is C21H22N2O4S2. The van der Waals surface area contributed by atoms with Gasteiger partial charge in [0, 0.05) is 28.9 Å². The SMILES string of the molecule is CC(C)C[C@@H](Sc1ccccc1)c1cccn1S(=O)(=O)c1ccc([N+](=O)[O-])cc1. The Hall–Kier alpha value is -2.58. The first kappa shape index (κ1) is 21.1. The minimum Gasteiger partial charge on any atom is -0.258 e. The summed E-state index contributed by atoms with van der Waals surface area (Å²) in [7, 11) is -3.86. The van der Waals surface area contributed by atoms with E-state index in [4.69, 9.17) is 0 Å². The molecule has 1 aromatic heterocycles. The molecule has 0 bridgehead atoms. The van der Waals surface area contributed by atoms with Gasteiger partial charge in [0.25, 0.3) is 15.7 Å². The van der Waals surface area contributed by atoms with Gasteiger partial charge >= 0.3 is 0 Å². The van der Waals surface area contributed by atoms with Crippen molar-refractivity contribution in [3.8, 4) is 0 Å². The van der Waals surface area contributed by atoms with E-state index in [2.05, 4.69) is 13.8 Å². The monoisotopic (exact) mass is 430 g/mol. The zero-order chi connectivity index (χ0) is 21.0. The Morgan fingerprint density at radius 1 is 1.00 bits per heavy atom. The normalized spacial score (nSPS) is 12.8. The fourth-order valence-corrected chi connectivity index (χ4v) is 5.93. The van der Waals surface area contributed by atoms with Crippen molar-refractivity contribution in [3.05, 3.63) is 88.7 Å². The van der Waals surface area contributed by atoms with Gasteiger partial charge in [-0.05, 0) is 48.7 Å². The van der Waals surface area contributed by atoms with E-state index in [0.717, 1.165) is 11.3 Å². The Labute approximate surface area is 174 Å². The average Bonchev–Trinajstić information content (AvgIpc) is 3.19. The fraction of sp³-hybridized carbons (Fsp3) is 0.238. The molecule has 3 rings (SSSR count). The molecule has 0 N–H and O–H groups in total. The molecule has 0 fully saturated rings. The maximum Gasteiger partial charge on any atom is 0.269 e. The van der Waals surface area contributed by atoms with Crippen molar-refractivity contribution >= 4 is 27.5 Å². The Balaban J connectivity index is 1.99. The van der Waals surface area contributed by atoms with Crippen LogP contribution >= 0.6 is 11.8 Å². The number of non-ortho nitro benzene ring substituents is 1. The molecular weight excluding hydrogens is 408 g/mol. The lowest BCUT2D eigenvalue weighted by Gasteiger charge is -2.21. The summed E-state index contributed by atoms with van der Waals surface area (Å²) in [6, 6.07) is 18.4.